The SMILES string of the molecule is CCCCC1(CC)N=C(OC)C(C(C)C)N=C1OC. The van der Waals surface area contributed by atoms with E-state index in [-0.39, 0.29) is 11.6 Å². The van der Waals surface area contributed by atoms with Gasteiger partial charge in [0.1, 0.15) is 11.6 Å². The molecular formula is C15H28N2O2. The zero-order valence-corrected chi connectivity index (χ0v) is 13.2. The Morgan fingerprint density at radius 3 is 2.32 bits per heavy atom. The molecule has 0 aromatic rings. The largest absolute Gasteiger partial charge is 0.483 e. The fourth-order valence-corrected chi connectivity index (χ4v) is 2.51. The molecule has 0 saturated heterocycles. The lowest BCUT2D eigenvalue weighted by Gasteiger charge is -2.35. The third-order valence-corrected chi connectivity index (χ3v) is 3.79. The van der Waals surface area contributed by atoms with Crippen molar-refractivity contribution in [1.29, 1.82) is 0 Å². The molecule has 0 spiro atoms. The van der Waals surface area contributed by atoms with Crippen molar-refractivity contribution in [2.45, 2.75) is 65.0 Å². The van der Waals surface area contributed by atoms with E-state index >= 15 is 0 Å². The maximum absolute atomic E-state index is 5.56. The maximum Gasteiger partial charge on any atom is 0.212 e. The third-order valence-electron chi connectivity index (χ3n) is 3.79. The number of rotatable bonds is 5. The van der Waals surface area contributed by atoms with Gasteiger partial charge >= 0.3 is 0 Å². The van der Waals surface area contributed by atoms with Crippen molar-refractivity contribution < 1.29 is 9.47 Å². The molecule has 2 atom stereocenters. The molecule has 0 N–H and O–H groups in total. The van der Waals surface area contributed by atoms with Crippen molar-refractivity contribution in [1.82, 2.24) is 0 Å². The summed E-state index contributed by atoms with van der Waals surface area (Å²) in [6, 6.07) is -0.0266. The van der Waals surface area contributed by atoms with E-state index in [1.165, 1.54) is 0 Å². The predicted molar refractivity (Wildman–Crippen MR) is 80.1 cm³/mol. The topological polar surface area (TPSA) is 43.2 Å². The first-order chi connectivity index (χ1) is 9.04. The number of ether oxygens (including phenoxy) is 2. The van der Waals surface area contributed by atoms with Crippen LogP contribution in [0.1, 0.15) is 53.4 Å². The van der Waals surface area contributed by atoms with Gasteiger partial charge in [-0.15, -0.1) is 0 Å². The number of aliphatic imine (C=N–C) groups is 2. The lowest BCUT2D eigenvalue weighted by molar-refractivity contribution is 0.291. The van der Waals surface area contributed by atoms with E-state index in [9.17, 15) is 0 Å². The standard InChI is InChI=1S/C15H28N2O2/c1-7-9-10-15(8-2)14(19-6)16-12(11(3)4)13(17-15)18-5/h11-12H,7-10H2,1-6H3. The maximum atomic E-state index is 5.56. The molecule has 0 saturated carbocycles. The summed E-state index contributed by atoms with van der Waals surface area (Å²) in [6.45, 7) is 8.58. The Bertz CT molecular complexity index is 350. The lowest BCUT2D eigenvalue weighted by Crippen LogP contribution is -2.46. The Balaban J connectivity index is 3.15. The molecule has 0 aromatic carbocycles. The highest BCUT2D eigenvalue weighted by Crippen LogP contribution is 2.31. The average molecular weight is 268 g/mol. The predicted octanol–water partition coefficient (Wildman–Crippen LogP) is 3.45. The molecule has 19 heavy (non-hydrogen) atoms. The normalized spacial score (nSPS) is 27.0. The Labute approximate surface area is 117 Å². The first-order valence-electron chi connectivity index (χ1n) is 7.30. The van der Waals surface area contributed by atoms with Crippen molar-refractivity contribution in [3.63, 3.8) is 0 Å². The summed E-state index contributed by atoms with van der Waals surface area (Å²) in [7, 11) is 3.38. The highest BCUT2D eigenvalue weighted by Gasteiger charge is 2.41. The minimum atomic E-state index is -0.332. The molecule has 1 rings (SSSR count). The number of methoxy groups -OCH3 is 2. The van der Waals surface area contributed by atoms with Crippen LogP contribution < -0.4 is 0 Å². The fraction of sp³-hybridized carbons (Fsp3) is 0.867. The molecule has 110 valence electrons. The van der Waals surface area contributed by atoms with Gasteiger partial charge in [-0.2, -0.15) is 0 Å². The van der Waals surface area contributed by atoms with Gasteiger partial charge in [-0.05, 0) is 18.8 Å². The molecule has 0 amide bonds. The second-order valence-electron chi connectivity index (χ2n) is 5.47. The molecule has 0 aromatic heterocycles. The molecule has 0 fully saturated rings. The summed E-state index contributed by atoms with van der Waals surface area (Å²) in [5.41, 5.74) is -0.332. The average Bonchev–Trinajstić information content (AvgIpc) is 2.43. The number of nitrogens with zero attached hydrogens (tertiary/aromatic N) is 2. The van der Waals surface area contributed by atoms with Crippen LogP contribution >= 0.6 is 0 Å². The van der Waals surface area contributed by atoms with E-state index in [0.717, 1.165) is 37.5 Å². The van der Waals surface area contributed by atoms with Gasteiger partial charge in [-0.1, -0.05) is 40.5 Å². The van der Waals surface area contributed by atoms with Gasteiger partial charge in [0.05, 0.1) is 14.2 Å². The molecule has 1 aliphatic heterocycles. The van der Waals surface area contributed by atoms with Gasteiger partial charge in [-0.3, -0.25) is 0 Å². The molecule has 1 heterocycles. The van der Waals surface area contributed by atoms with E-state index in [1.54, 1.807) is 14.2 Å². The Morgan fingerprint density at radius 2 is 1.89 bits per heavy atom. The second kappa shape index (κ2) is 6.92. The van der Waals surface area contributed by atoms with Crippen LogP contribution in [-0.4, -0.2) is 37.6 Å². The van der Waals surface area contributed by atoms with Crippen LogP contribution in [0.15, 0.2) is 9.98 Å². The highest BCUT2D eigenvalue weighted by molar-refractivity contribution is 5.96. The lowest BCUT2D eigenvalue weighted by atomic mass is 9.87. The number of hydrogen-bond acceptors (Lipinski definition) is 4. The van der Waals surface area contributed by atoms with Crippen LogP contribution in [0.25, 0.3) is 0 Å². The summed E-state index contributed by atoms with van der Waals surface area (Å²) in [4.78, 5) is 9.65. The third kappa shape index (κ3) is 3.28. The van der Waals surface area contributed by atoms with Crippen molar-refractivity contribution in [2.24, 2.45) is 15.9 Å². The van der Waals surface area contributed by atoms with Crippen LogP contribution in [0.4, 0.5) is 0 Å². The minimum Gasteiger partial charge on any atom is -0.483 e. The van der Waals surface area contributed by atoms with Gasteiger partial charge in [0, 0.05) is 0 Å². The monoisotopic (exact) mass is 268 g/mol. The summed E-state index contributed by atoms with van der Waals surface area (Å²) in [6.07, 6.45) is 4.11. The molecule has 0 aliphatic carbocycles. The van der Waals surface area contributed by atoms with Gasteiger partial charge < -0.3 is 9.47 Å². The van der Waals surface area contributed by atoms with Gasteiger partial charge in [0.2, 0.25) is 11.8 Å². The molecular weight excluding hydrogens is 240 g/mol. The Morgan fingerprint density at radius 1 is 1.21 bits per heavy atom. The zero-order valence-electron chi connectivity index (χ0n) is 13.2. The van der Waals surface area contributed by atoms with Crippen molar-refractivity contribution in [3.8, 4) is 0 Å². The van der Waals surface area contributed by atoms with E-state index in [1.807, 2.05) is 0 Å². The number of hydrogen-bond donors (Lipinski definition) is 0. The fourth-order valence-electron chi connectivity index (χ4n) is 2.51. The first kappa shape index (κ1) is 16.0. The van der Waals surface area contributed by atoms with E-state index in [0.29, 0.717) is 5.92 Å². The second-order valence-corrected chi connectivity index (χ2v) is 5.47. The molecule has 0 radical (unpaired) electrons. The van der Waals surface area contributed by atoms with Gasteiger partial charge in [0.25, 0.3) is 0 Å². The molecule has 2 unspecified atom stereocenters. The van der Waals surface area contributed by atoms with Crippen LogP contribution in [0, 0.1) is 5.92 Å². The quantitative estimate of drug-likeness (QED) is 0.766. The minimum absolute atomic E-state index is 0.0266. The zero-order chi connectivity index (χ0) is 14.5. The van der Waals surface area contributed by atoms with E-state index in [4.69, 9.17) is 19.5 Å². The molecule has 0 bridgehead atoms. The molecule has 4 heteroatoms. The summed E-state index contributed by atoms with van der Waals surface area (Å²) < 4.78 is 11.0. The van der Waals surface area contributed by atoms with E-state index in [2.05, 4.69) is 27.7 Å². The van der Waals surface area contributed by atoms with Crippen molar-refractivity contribution in [2.75, 3.05) is 14.2 Å². The molecule has 4 nitrogen and oxygen atoms in total. The van der Waals surface area contributed by atoms with Gasteiger partial charge in [-0.25, -0.2) is 9.98 Å². The molecule has 1 aliphatic rings. The smallest absolute Gasteiger partial charge is 0.212 e. The number of unbranched alkanes of at least 4 members (excludes halogenated alkanes) is 1. The van der Waals surface area contributed by atoms with Crippen LogP contribution in [0.3, 0.4) is 0 Å². The van der Waals surface area contributed by atoms with E-state index < -0.39 is 0 Å². The van der Waals surface area contributed by atoms with Crippen molar-refractivity contribution in [3.05, 3.63) is 0 Å². The van der Waals surface area contributed by atoms with Crippen LogP contribution in [0.5, 0.6) is 0 Å². The summed E-state index contributed by atoms with van der Waals surface area (Å²) in [5.74, 6) is 1.86. The first-order valence-corrected chi connectivity index (χ1v) is 7.30. The Kier molecular flexibility index (Phi) is 5.83. The Hall–Kier alpha value is -1.06. The van der Waals surface area contributed by atoms with Crippen LogP contribution in [0.2, 0.25) is 0 Å². The highest BCUT2D eigenvalue weighted by atomic mass is 16.5. The van der Waals surface area contributed by atoms with Crippen molar-refractivity contribution >= 4 is 11.8 Å². The summed E-state index contributed by atoms with van der Waals surface area (Å²) in [5, 5.41) is 0. The van der Waals surface area contributed by atoms with Gasteiger partial charge in [0.15, 0.2) is 0 Å². The summed E-state index contributed by atoms with van der Waals surface area (Å²) >= 11 is 0. The van der Waals surface area contributed by atoms with Crippen LogP contribution in [-0.2, 0) is 9.47 Å².